The van der Waals surface area contributed by atoms with Gasteiger partial charge in [-0.05, 0) is 72.8 Å². The number of ether oxygens (including phenoxy) is 1. The van der Waals surface area contributed by atoms with Crippen LogP contribution >= 0.6 is 11.8 Å². The van der Waals surface area contributed by atoms with Crippen LogP contribution in [0.4, 0.5) is 26.3 Å². The standard InChI is InChI=1S/C21H14F3N3O2.C20H13F3N4OS/c1-27-11-8-18(28)16-7-2-13(12-17(16)27)19-20(26-10-9-25-19)29-15-5-3-14(4-6-15)21(22,23)24;1-27-11-26-18(28)15-7-2-12(10-16(15)27)17-19(25-9-8-24-17)29-14-5-3-13(4-6-14)20(21,22)23/h2-12H,1H3;2-11H,1H3. The minimum absolute atomic E-state index is 0.0926. The Hall–Kier alpha value is -6.88. The third-order valence-electron chi connectivity index (χ3n) is 8.72. The molecule has 4 aromatic heterocycles. The predicted molar refractivity (Wildman–Crippen MR) is 205 cm³/mol. The Morgan fingerprint density at radius 1 is 0.586 bits per heavy atom. The van der Waals surface area contributed by atoms with Gasteiger partial charge in [0.2, 0.25) is 5.88 Å². The maximum absolute atomic E-state index is 12.8. The molecular weight excluding hydrogens is 785 g/mol. The Labute approximate surface area is 328 Å². The normalized spacial score (nSPS) is 11.7. The molecule has 0 N–H and O–H groups in total. The van der Waals surface area contributed by atoms with Crippen LogP contribution < -0.4 is 15.7 Å². The van der Waals surface area contributed by atoms with Crippen LogP contribution in [-0.2, 0) is 26.4 Å². The molecule has 0 unspecified atom stereocenters. The minimum Gasteiger partial charge on any atom is -0.437 e. The molecule has 58 heavy (non-hydrogen) atoms. The van der Waals surface area contributed by atoms with E-state index in [1.807, 2.05) is 17.7 Å². The van der Waals surface area contributed by atoms with E-state index in [9.17, 15) is 35.9 Å². The third kappa shape index (κ3) is 8.58. The van der Waals surface area contributed by atoms with E-state index < -0.39 is 23.5 Å². The molecule has 8 rings (SSSR count). The van der Waals surface area contributed by atoms with Gasteiger partial charge in [-0.3, -0.25) is 14.6 Å². The monoisotopic (exact) mass is 811 g/mol. The maximum atomic E-state index is 12.8. The summed E-state index contributed by atoms with van der Waals surface area (Å²) in [6.07, 6.45) is 0.309. The number of hydrogen-bond acceptors (Lipinski definition) is 9. The number of halogens is 6. The second kappa shape index (κ2) is 15.9. The number of benzene rings is 4. The molecule has 0 aliphatic carbocycles. The maximum Gasteiger partial charge on any atom is 0.416 e. The zero-order chi connectivity index (χ0) is 41.2. The van der Waals surface area contributed by atoms with Crippen molar-refractivity contribution in [3.05, 3.63) is 160 Å². The summed E-state index contributed by atoms with van der Waals surface area (Å²) < 4.78 is 85.7. The smallest absolute Gasteiger partial charge is 0.416 e. The van der Waals surface area contributed by atoms with E-state index in [4.69, 9.17) is 4.74 Å². The quantitative estimate of drug-likeness (QED) is 0.152. The van der Waals surface area contributed by atoms with Gasteiger partial charge in [0, 0.05) is 72.6 Å². The predicted octanol–water partition coefficient (Wildman–Crippen LogP) is 9.37. The van der Waals surface area contributed by atoms with Crippen LogP contribution in [0.2, 0.25) is 0 Å². The highest BCUT2D eigenvalue weighted by Gasteiger charge is 2.31. The lowest BCUT2D eigenvalue weighted by atomic mass is 10.1. The fourth-order valence-corrected chi connectivity index (χ4v) is 6.67. The highest BCUT2D eigenvalue weighted by atomic mass is 32.2. The summed E-state index contributed by atoms with van der Waals surface area (Å²) in [6.45, 7) is 0. The Kier molecular flexibility index (Phi) is 10.8. The summed E-state index contributed by atoms with van der Waals surface area (Å²) in [7, 11) is 3.61. The number of hydrogen-bond donors (Lipinski definition) is 0. The molecule has 0 fully saturated rings. The van der Waals surface area contributed by atoms with E-state index in [-0.39, 0.29) is 22.6 Å². The van der Waals surface area contributed by atoms with Crippen molar-refractivity contribution in [1.29, 1.82) is 0 Å². The van der Waals surface area contributed by atoms with Gasteiger partial charge in [-0.25, -0.2) is 15.0 Å². The van der Waals surface area contributed by atoms with E-state index in [0.717, 1.165) is 29.8 Å². The van der Waals surface area contributed by atoms with Crippen molar-refractivity contribution in [2.24, 2.45) is 14.1 Å². The Bertz CT molecular complexity index is 2700. The lowest BCUT2D eigenvalue weighted by molar-refractivity contribution is -0.138. The molecular formula is C41H27F6N7O3S. The number of rotatable bonds is 6. The van der Waals surface area contributed by atoms with Gasteiger partial charge >= 0.3 is 12.4 Å². The number of pyridine rings is 1. The Morgan fingerprint density at radius 2 is 1.14 bits per heavy atom. The zero-order valence-corrected chi connectivity index (χ0v) is 31.0. The van der Waals surface area contributed by atoms with Crippen LogP contribution in [-0.4, -0.2) is 34.1 Å². The van der Waals surface area contributed by atoms with Gasteiger partial charge in [-0.2, -0.15) is 31.3 Å². The number of fused-ring (bicyclic) bond motifs is 2. The molecule has 0 spiro atoms. The lowest BCUT2D eigenvalue weighted by Crippen LogP contribution is -2.10. The molecule has 0 aliphatic heterocycles. The number of nitrogens with zero attached hydrogens (tertiary/aromatic N) is 7. The highest BCUT2D eigenvalue weighted by Crippen LogP contribution is 2.37. The van der Waals surface area contributed by atoms with E-state index in [1.165, 1.54) is 67.0 Å². The number of aromatic nitrogens is 7. The van der Waals surface area contributed by atoms with Crippen LogP contribution in [0.5, 0.6) is 11.6 Å². The number of alkyl halides is 6. The first kappa shape index (κ1) is 39.4. The van der Waals surface area contributed by atoms with Crippen molar-refractivity contribution in [3.63, 3.8) is 0 Å². The fraction of sp³-hybridized carbons (Fsp3) is 0.0976. The molecule has 0 amide bonds. The van der Waals surface area contributed by atoms with E-state index in [1.54, 1.807) is 54.3 Å². The van der Waals surface area contributed by atoms with Gasteiger partial charge in [0.15, 0.2) is 5.43 Å². The Morgan fingerprint density at radius 3 is 1.79 bits per heavy atom. The lowest BCUT2D eigenvalue weighted by Gasteiger charge is -2.12. The first-order chi connectivity index (χ1) is 27.7. The molecule has 0 saturated heterocycles. The van der Waals surface area contributed by atoms with Crippen molar-refractivity contribution in [3.8, 4) is 34.1 Å². The van der Waals surface area contributed by atoms with Crippen LogP contribution in [0.25, 0.3) is 44.3 Å². The molecule has 292 valence electrons. The van der Waals surface area contributed by atoms with Crippen LogP contribution in [0.1, 0.15) is 11.1 Å². The number of aryl methyl sites for hydroxylation is 2. The molecule has 4 aromatic carbocycles. The highest BCUT2D eigenvalue weighted by molar-refractivity contribution is 7.99. The van der Waals surface area contributed by atoms with Gasteiger partial charge < -0.3 is 13.9 Å². The average molecular weight is 812 g/mol. The van der Waals surface area contributed by atoms with Crippen LogP contribution in [0.15, 0.2) is 148 Å². The van der Waals surface area contributed by atoms with E-state index in [0.29, 0.717) is 48.7 Å². The van der Waals surface area contributed by atoms with Gasteiger partial charge in [0.25, 0.3) is 5.56 Å². The van der Waals surface area contributed by atoms with Gasteiger partial charge in [-0.1, -0.05) is 23.9 Å². The van der Waals surface area contributed by atoms with E-state index >= 15 is 0 Å². The summed E-state index contributed by atoms with van der Waals surface area (Å²) in [6, 6.07) is 21.2. The second-order valence-electron chi connectivity index (χ2n) is 12.6. The largest absolute Gasteiger partial charge is 0.437 e. The molecule has 17 heteroatoms. The zero-order valence-electron chi connectivity index (χ0n) is 30.2. The van der Waals surface area contributed by atoms with Crippen molar-refractivity contribution in [2.75, 3.05) is 0 Å². The van der Waals surface area contributed by atoms with Crippen LogP contribution in [0.3, 0.4) is 0 Å². The molecule has 8 aromatic rings. The fourth-order valence-electron chi connectivity index (χ4n) is 5.79. The summed E-state index contributed by atoms with van der Waals surface area (Å²) in [5.41, 5.74) is 1.90. The minimum atomic E-state index is -4.42. The molecule has 0 aliphatic rings. The van der Waals surface area contributed by atoms with E-state index in [2.05, 4.69) is 24.9 Å². The van der Waals surface area contributed by atoms with Crippen molar-refractivity contribution >= 4 is 33.6 Å². The van der Waals surface area contributed by atoms with Gasteiger partial charge in [-0.15, -0.1) is 0 Å². The van der Waals surface area contributed by atoms with Crippen molar-refractivity contribution in [2.45, 2.75) is 22.3 Å². The Balaban J connectivity index is 0.000000177. The summed E-state index contributed by atoms with van der Waals surface area (Å²) >= 11 is 1.22. The molecule has 0 radical (unpaired) electrons. The molecule has 0 atom stereocenters. The van der Waals surface area contributed by atoms with Gasteiger partial charge in [0.1, 0.15) is 22.2 Å². The van der Waals surface area contributed by atoms with Gasteiger partial charge in [0.05, 0.1) is 33.9 Å². The first-order valence-electron chi connectivity index (χ1n) is 17.0. The third-order valence-corrected chi connectivity index (χ3v) is 9.72. The summed E-state index contributed by atoms with van der Waals surface area (Å²) in [5.74, 6) is 0.348. The average Bonchev–Trinajstić information content (AvgIpc) is 3.21. The summed E-state index contributed by atoms with van der Waals surface area (Å²) in [5, 5.41) is 1.60. The summed E-state index contributed by atoms with van der Waals surface area (Å²) in [4.78, 5) is 45.6. The van der Waals surface area contributed by atoms with Crippen molar-refractivity contribution < 1.29 is 31.1 Å². The van der Waals surface area contributed by atoms with Crippen LogP contribution in [0, 0.1) is 0 Å². The molecule has 10 nitrogen and oxygen atoms in total. The molecule has 0 bridgehead atoms. The second-order valence-corrected chi connectivity index (χ2v) is 13.6. The topological polar surface area (TPSA) is 118 Å². The van der Waals surface area contributed by atoms with Crippen molar-refractivity contribution in [1.82, 2.24) is 34.1 Å². The molecule has 4 heterocycles. The first-order valence-corrected chi connectivity index (χ1v) is 17.8. The SMILES string of the molecule is Cn1ccc(=O)c2ccc(-c3nccnc3Oc3ccc(C(F)(F)F)cc3)cc21.Cn1cnc(=O)c2ccc(-c3nccnc3Sc3ccc(C(F)(F)F)cc3)cc21. The molecule has 0 saturated carbocycles.